The van der Waals surface area contributed by atoms with Crippen LogP contribution in [0.4, 0.5) is 4.79 Å². The second-order valence-electron chi connectivity index (χ2n) is 13.8. The molecule has 2 aromatic carbocycles. The van der Waals surface area contributed by atoms with Crippen molar-refractivity contribution in [3.8, 4) is 0 Å². The Kier molecular flexibility index (Phi) is 15.2. The zero-order valence-electron chi connectivity index (χ0n) is 30.2. The van der Waals surface area contributed by atoms with Crippen LogP contribution < -0.4 is 32.3 Å². The van der Waals surface area contributed by atoms with Crippen LogP contribution >= 0.6 is 0 Å². The van der Waals surface area contributed by atoms with Gasteiger partial charge in [-0.05, 0) is 69.0 Å². The smallest absolute Gasteiger partial charge is 0.314 e. The van der Waals surface area contributed by atoms with Crippen LogP contribution in [-0.2, 0) is 25.6 Å². The van der Waals surface area contributed by atoms with E-state index in [-0.39, 0.29) is 54.7 Å². The summed E-state index contributed by atoms with van der Waals surface area (Å²) in [7, 11) is 1.57. The number of piperidine rings is 1. The molecule has 2 fully saturated rings. The second kappa shape index (κ2) is 19.8. The maximum atomic E-state index is 14.0. The number of urea groups is 1. The number of nitrogens with two attached hydrogens (primary N) is 1. The Morgan fingerprint density at radius 1 is 0.941 bits per heavy atom. The fourth-order valence-electron chi connectivity index (χ4n) is 6.99. The maximum absolute atomic E-state index is 14.0. The maximum Gasteiger partial charge on any atom is 0.314 e. The summed E-state index contributed by atoms with van der Waals surface area (Å²) in [4.78, 5) is 70.1. The molecule has 0 aliphatic carbocycles. The van der Waals surface area contributed by atoms with E-state index in [1.54, 1.807) is 16.8 Å². The molecule has 6 amide bonds. The summed E-state index contributed by atoms with van der Waals surface area (Å²) in [5.41, 5.74) is 7.81. The van der Waals surface area contributed by atoms with Crippen molar-refractivity contribution in [3.63, 3.8) is 0 Å². The molecule has 51 heavy (non-hydrogen) atoms. The Morgan fingerprint density at radius 3 is 2.25 bits per heavy atom. The number of benzene rings is 2. The predicted molar refractivity (Wildman–Crippen MR) is 197 cm³/mol. The highest BCUT2D eigenvalue weighted by Crippen LogP contribution is 2.27. The molecule has 278 valence electrons. The number of hydrogen-bond acceptors (Lipinski definition) is 7. The van der Waals surface area contributed by atoms with Gasteiger partial charge in [0.15, 0.2) is 0 Å². The average molecular weight is 705 g/mol. The molecule has 0 spiro atoms. The average Bonchev–Trinajstić information content (AvgIpc) is 3.41. The Bertz CT molecular complexity index is 1440. The van der Waals surface area contributed by atoms with Gasteiger partial charge in [-0.25, -0.2) is 4.79 Å². The molecule has 5 atom stereocenters. The molecule has 7 N–H and O–H groups in total. The van der Waals surface area contributed by atoms with Gasteiger partial charge in [0.25, 0.3) is 0 Å². The van der Waals surface area contributed by atoms with Crippen molar-refractivity contribution in [3.05, 3.63) is 71.8 Å². The van der Waals surface area contributed by atoms with Crippen LogP contribution in [0.2, 0.25) is 0 Å². The monoisotopic (exact) mass is 704 g/mol. The van der Waals surface area contributed by atoms with Crippen molar-refractivity contribution in [2.75, 3.05) is 39.8 Å². The number of amides is 6. The molecule has 2 heterocycles. The second-order valence-corrected chi connectivity index (χ2v) is 13.8. The van der Waals surface area contributed by atoms with Gasteiger partial charge in [0.2, 0.25) is 23.6 Å². The molecule has 2 unspecified atom stereocenters. The summed E-state index contributed by atoms with van der Waals surface area (Å²) >= 11 is 0. The first-order valence-electron chi connectivity index (χ1n) is 18.3. The highest BCUT2D eigenvalue weighted by Gasteiger charge is 2.45. The number of hydrogen-bond donors (Lipinski definition) is 6. The van der Waals surface area contributed by atoms with Crippen molar-refractivity contribution in [2.24, 2.45) is 5.73 Å². The largest absolute Gasteiger partial charge is 0.343 e. The minimum absolute atomic E-state index is 0.0328. The third-order valence-corrected chi connectivity index (χ3v) is 9.88. The van der Waals surface area contributed by atoms with Gasteiger partial charge in [-0.2, -0.15) is 0 Å². The molecule has 2 aliphatic rings. The number of nitrogens with one attached hydrogen (secondary N) is 5. The lowest BCUT2D eigenvalue weighted by atomic mass is 10.0. The van der Waals surface area contributed by atoms with Gasteiger partial charge in [0.1, 0.15) is 18.1 Å². The SMILES string of the molecule is CNC(=O)NC1CCN(C(=O)C(CCCCN)N2C(=O)[C@H](NC(=O)[C@@H](Cc3ccccc3)NC(=O)CNC[C@H](C)c3ccccc3)CC2C)CC1. The van der Waals surface area contributed by atoms with Crippen LogP contribution in [0.15, 0.2) is 60.7 Å². The third-order valence-electron chi connectivity index (χ3n) is 9.88. The Balaban J connectivity index is 1.40. The molecule has 2 saturated heterocycles. The minimum atomic E-state index is -0.905. The molecule has 2 aliphatic heterocycles. The lowest BCUT2D eigenvalue weighted by Crippen LogP contribution is -2.57. The van der Waals surface area contributed by atoms with Crippen LogP contribution in [0.1, 0.15) is 69.4 Å². The van der Waals surface area contributed by atoms with Gasteiger partial charge < -0.3 is 42.1 Å². The van der Waals surface area contributed by atoms with E-state index < -0.39 is 24.0 Å². The number of rotatable bonds is 17. The van der Waals surface area contributed by atoms with Gasteiger partial charge in [0, 0.05) is 45.2 Å². The quantitative estimate of drug-likeness (QED) is 0.136. The van der Waals surface area contributed by atoms with Crippen LogP contribution in [0.3, 0.4) is 0 Å². The van der Waals surface area contributed by atoms with E-state index in [2.05, 4.69) is 33.5 Å². The van der Waals surface area contributed by atoms with Crippen LogP contribution in [0.25, 0.3) is 0 Å². The van der Waals surface area contributed by atoms with E-state index in [1.807, 2.05) is 67.6 Å². The molecule has 2 aromatic rings. The molecule has 4 rings (SSSR count). The van der Waals surface area contributed by atoms with Crippen molar-refractivity contribution in [1.29, 1.82) is 0 Å². The fraction of sp³-hybridized carbons (Fsp3) is 0.553. The summed E-state index contributed by atoms with van der Waals surface area (Å²) in [6, 6.07) is 16.5. The molecule has 0 radical (unpaired) electrons. The number of unbranched alkanes of at least 4 members (excludes halogenated alkanes) is 1. The lowest BCUT2D eigenvalue weighted by molar-refractivity contribution is -0.147. The Labute approximate surface area is 301 Å². The summed E-state index contributed by atoms with van der Waals surface area (Å²) in [6.07, 6.45) is 3.70. The fourth-order valence-corrected chi connectivity index (χ4v) is 6.99. The standard InChI is InChI=1S/C38H56N8O5/c1-26(29-14-8-5-9-15-29)24-41-25-34(47)43-31(23-28-12-6-4-7-13-28)35(48)44-32-22-27(2)46(36(32)49)33(16-10-11-19-39)37(50)45-20-17-30(18-21-45)42-38(51)40-3/h4-9,12-15,26-27,30-33,41H,10-11,16-25,39H2,1-3H3,(H,43,47)(H,44,48)(H2,40,42,51)/t26-,27?,31+,32+,33?/m0/s1. The highest BCUT2D eigenvalue weighted by atomic mass is 16.2. The van der Waals surface area contributed by atoms with E-state index in [9.17, 15) is 24.0 Å². The van der Waals surface area contributed by atoms with Gasteiger partial charge in [-0.15, -0.1) is 0 Å². The molecule has 0 aromatic heterocycles. The first-order valence-corrected chi connectivity index (χ1v) is 18.3. The van der Waals surface area contributed by atoms with E-state index in [0.29, 0.717) is 58.3 Å². The van der Waals surface area contributed by atoms with Crippen molar-refractivity contribution >= 4 is 29.7 Å². The third kappa shape index (κ3) is 11.5. The van der Waals surface area contributed by atoms with Gasteiger partial charge >= 0.3 is 6.03 Å². The Hall–Kier alpha value is -4.49. The van der Waals surface area contributed by atoms with E-state index >= 15 is 0 Å². The number of likely N-dealkylation sites (tertiary alicyclic amines) is 2. The van der Waals surface area contributed by atoms with Crippen molar-refractivity contribution < 1.29 is 24.0 Å². The van der Waals surface area contributed by atoms with E-state index in [0.717, 1.165) is 12.0 Å². The summed E-state index contributed by atoms with van der Waals surface area (Å²) in [6.45, 7) is 6.03. The van der Waals surface area contributed by atoms with Crippen molar-refractivity contribution in [1.82, 2.24) is 36.4 Å². The zero-order chi connectivity index (χ0) is 36.8. The van der Waals surface area contributed by atoms with Crippen LogP contribution in [0, 0.1) is 0 Å². The normalized spacial score (nSPS) is 19.6. The topological polar surface area (TPSA) is 178 Å². The van der Waals surface area contributed by atoms with Crippen molar-refractivity contribution in [2.45, 2.75) is 94.9 Å². The highest BCUT2D eigenvalue weighted by molar-refractivity contribution is 5.96. The van der Waals surface area contributed by atoms with Gasteiger partial charge in [0.05, 0.1) is 6.54 Å². The van der Waals surface area contributed by atoms with E-state index in [4.69, 9.17) is 5.73 Å². The summed E-state index contributed by atoms with van der Waals surface area (Å²) < 4.78 is 0. The van der Waals surface area contributed by atoms with E-state index in [1.165, 1.54) is 5.56 Å². The number of carbonyl (C=O) groups excluding carboxylic acids is 5. The predicted octanol–water partition coefficient (Wildman–Crippen LogP) is 1.63. The lowest BCUT2D eigenvalue weighted by Gasteiger charge is -2.38. The number of nitrogens with zero attached hydrogens (tertiary/aromatic N) is 2. The summed E-state index contributed by atoms with van der Waals surface area (Å²) in [5, 5.41) is 14.5. The number of carbonyl (C=O) groups is 5. The van der Waals surface area contributed by atoms with Crippen LogP contribution in [-0.4, -0.2) is 109 Å². The first kappa shape index (κ1) is 39.3. The van der Waals surface area contributed by atoms with Crippen LogP contribution in [0.5, 0.6) is 0 Å². The Morgan fingerprint density at radius 2 is 1.61 bits per heavy atom. The van der Waals surface area contributed by atoms with Gasteiger partial charge in [-0.1, -0.05) is 67.6 Å². The molecular weight excluding hydrogens is 648 g/mol. The minimum Gasteiger partial charge on any atom is -0.343 e. The molecular formula is C38H56N8O5. The zero-order valence-corrected chi connectivity index (χ0v) is 30.2. The van der Waals surface area contributed by atoms with Gasteiger partial charge in [-0.3, -0.25) is 19.2 Å². The molecule has 13 heteroatoms. The summed E-state index contributed by atoms with van der Waals surface area (Å²) in [5.74, 6) is -1.00. The first-order chi connectivity index (χ1) is 24.6. The molecule has 0 bridgehead atoms. The molecule has 0 saturated carbocycles. The molecule has 13 nitrogen and oxygen atoms in total.